The minimum Gasteiger partial charge on any atom is -0.497 e. The van der Waals surface area contributed by atoms with Crippen molar-refractivity contribution in [3.05, 3.63) is 51.2 Å². The molecule has 0 atom stereocenters. The number of nitrogens with zero attached hydrogens (tertiary/aromatic N) is 1. The van der Waals surface area contributed by atoms with Gasteiger partial charge in [0.25, 0.3) is 5.91 Å². The number of hydrogen-bond donors (Lipinski definition) is 1. The molecule has 0 aliphatic heterocycles. The van der Waals surface area contributed by atoms with Crippen molar-refractivity contribution < 1.29 is 9.53 Å². The molecular formula is C13H10Br2N2O2. The highest BCUT2D eigenvalue weighted by atomic mass is 79.9. The van der Waals surface area contributed by atoms with Crippen molar-refractivity contribution >= 4 is 43.5 Å². The quantitative estimate of drug-likeness (QED) is 0.816. The van der Waals surface area contributed by atoms with Crippen molar-refractivity contribution in [2.75, 3.05) is 12.4 Å². The van der Waals surface area contributed by atoms with E-state index >= 15 is 0 Å². The van der Waals surface area contributed by atoms with Crippen molar-refractivity contribution in [3.63, 3.8) is 0 Å². The summed E-state index contributed by atoms with van der Waals surface area (Å²) in [5.74, 6) is 0.446. The average Bonchev–Trinajstić information content (AvgIpc) is 2.42. The van der Waals surface area contributed by atoms with Gasteiger partial charge in [-0.1, -0.05) is 0 Å². The van der Waals surface area contributed by atoms with E-state index < -0.39 is 0 Å². The van der Waals surface area contributed by atoms with E-state index in [1.165, 1.54) is 6.20 Å². The number of ether oxygens (including phenoxy) is 1. The fraction of sp³-hybridized carbons (Fsp3) is 0.0769. The van der Waals surface area contributed by atoms with E-state index in [1.54, 1.807) is 31.4 Å². The maximum Gasteiger partial charge on any atom is 0.257 e. The van der Waals surface area contributed by atoms with Gasteiger partial charge in [0.1, 0.15) is 10.4 Å². The van der Waals surface area contributed by atoms with Gasteiger partial charge >= 0.3 is 0 Å². The lowest BCUT2D eigenvalue weighted by Gasteiger charge is -2.09. The fourth-order valence-corrected chi connectivity index (χ4v) is 2.01. The molecule has 0 radical (unpaired) electrons. The molecule has 1 aromatic carbocycles. The molecule has 19 heavy (non-hydrogen) atoms. The van der Waals surface area contributed by atoms with E-state index in [-0.39, 0.29) is 5.91 Å². The lowest BCUT2D eigenvalue weighted by molar-refractivity contribution is 0.102. The van der Waals surface area contributed by atoms with Crippen molar-refractivity contribution in [3.8, 4) is 5.75 Å². The monoisotopic (exact) mass is 384 g/mol. The molecule has 0 aliphatic rings. The van der Waals surface area contributed by atoms with Crippen LogP contribution in [0.4, 0.5) is 5.69 Å². The van der Waals surface area contributed by atoms with Crippen LogP contribution in [0.25, 0.3) is 0 Å². The second-order valence-corrected chi connectivity index (χ2v) is 5.34. The molecule has 0 spiro atoms. The average molecular weight is 386 g/mol. The van der Waals surface area contributed by atoms with Crippen LogP contribution in [0.2, 0.25) is 0 Å². The summed E-state index contributed by atoms with van der Waals surface area (Å²) in [6.45, 7) is 0. The number of methoxy groups -OCH3 is 1. The highest BCUT2D eigenvalue weighted by Crippen LogP contribution is 2.27. The van der Waals surface area contributed by atoms with E-state index in [4.69, 9.17) is 4.74 Å². The summed E-state index contributed by atoms with van der Waals surface area (Å²) in [7, 11) is 1.58. The van der Waals surface area contributed by atoms with Gasteiger partial charge in [-0.25, -0.2) is 4.98 Å². The highest BCUT2D eigenvalue weighted by molar-refractivity contribution is 9.10. The minimum absolute atomic E-state index is 0.228. The molecule has 2 aromatic rings. The van der Waals surface area contributed by atoms with E-state index in [0.717, 1.165) is 4.47 Å². The van der Waals surface area contributed by atoms with Crippen molar-refractivity contribution in [2.24, 2.45) is 0 Å². The summed E-state index contributed by atoms with van der Waals surface area (Å²) in [5.41, 5.74) is 1.13. The Balaban J connectivity index is 2.21. The first kappa shape index (κ1) is 14.0. The van der Waals surface area contributed by atoms with Gasteiger partial charge in [-0.3, -0.25) is 4.79 Å². The third-order valence-electron chi connectivity index (χ3n) is 2.41. The Bertz CT molecular complexity index is 600. The first-order valence-corrected chi connectivity index (χ1v) is 6.95. The number of carbonyl (C=O) groups excluding carboxylic acids is 1. The zero-order valence-corrected chi connectivity index (χ0v) is 13.2. The summed E-state index contributed by atoms with van der Waals surface area (Å²) in [5, 5.41) is 2.80. The Kier molecular flexibility index (Phi) is 4.55. The molecule has 1 amide bonds. The summed E-state index contributed by atoms with van der Waals surface area (Å²) in [6.07, 6.45) is 1.51. The molecule has 0 bridgehead atoms. The van der Waals surface area contributed by atoms with Gasteiger partial charge in [0.2, 0.25) is 0 Å². The molecule has 1 heterocycles. The summed E-state index contributed by atoms with van der Waals surface area (Å²) in [4.78, 5) is 16.1. The molecule has 0 saturated heterocycles. The van der Waals surface area contributed by atoms with E-state index in [1.807, 2.05) is 6.07 Å². The van der Waals surface area contributed by atoms with Crippen LogP contribution in [0.5, 0.6) is 5.75 Å². The maximum atomic E-state index is 12.0. The molecule has 98 valence electrons. The number of rotatable bonds is 3. The Morgan fingerprint density at radius 3 is 2.68 bits per heavy atom. The number of amides is 1. The van der Waals surface area contributed by atoms with Crippen LogP contribution in [0.1, 0.15) is 10.4 Å². The zero-order valence-electron chi connectivity index (χ0n) is 9.98. The number of benzene rings is 1. The molecule has 2 rings (SSSR count). The van der Waals surface area contributed by atoms with Crippen LogP contribution >= 0.6 is 31.9 Å². The summed E-state index contributed by atoms with van der Waals surface area (Å²) >= 11 is 6.60. The van der Waals surface area contributed by atoms with Crippen LogP contribution < -0.4 is 10.1 Å². The smallest absolute Gasteiger partial charge is 0.257 e. The normalized spacial score (nSPS) is 10.1. The van der Waals surface area contributed by atoms with Gasteiger partial charge in [-0.05, 0) is 56.1 Å². The Labute approximate surface area is 127 Å². The molecule has 0 saturated carbocycles. The number of halogens is 2. The van der Waals surface area contributed by atoms with Gasteiger partial charge in [-0.2, -0.15) is 0 Å². The predicted molar refractivity (Wildman–Crippen MR) is 80.6 cm³/mol. The fourth-order valence-electron chi connectivity index (χ4n) is 1.43. The van der Waals surface area contributed by atoms with Gasteiger partial charge < -0.3 is 10.1 Å². The Hall–Kier alpha value is -1.40. The predicted octanol–water partition coefficient (Wildman–Crippen LogP) is 3.87. The number of carbonyl (C=O) groups is 1. The Morgan fingerprint density at radius 1 is 1.26 bits per heavy atom. The van der Waals surface area contributed by atoms with E-state index in [0.29, 0.717) is 21.6 Å². The largest absolute Gasteiger partial charge is 0.497 e. The lowest BCUT2D eigenvalue weighted by Crippen LogP contribution is -2.12. The van der Waals surface area contributed by atoms with E-state index in [9.17, 15) is 4.79 Å². The van der Waals surface area contributed by atoms with Gasteiger partial charge in [0.15, 0.2) is 0 Å². The zero-order chi connectivity index (χ0) is 13.8. The SMILES string of the molecule is COc1ccc(Br)c(NC(=O)c2ccc(Br)nc2)c1. The third-order valence-corrected chi connectivity index (χ3v) is 3.57. The molecule has 0 aliphatic carbocycles. The maximum absolute atomic E-state index is 12.0. The van der Waals surface area contributed by atoms with Crippen molar-refractivity contribution in [1.82, 2.24) is 4.98 Å². The molecule has 6 heteroatoms. The van der Waals surface area contributed by atoms with Crippen molar-refractivity contribution in [1.29, 1.82) is 0 Å². The van der Waals surface area contributed by atoms with Crippen LogP contribution in [-0.2, 0) is 0 Å². The van der Waals surface area contributed by atoms with Crippen LogP contribution in [-0.4, -0.2) is 18.0 Å². The summed E-state index contributed by atoms with van der Waals surface area (Å²) < 4.78 is 6.59. The van der Waals surface area contributed by atoms with Crippen LogP contribution in [0, 0.1) is 0 Å². The number of pyridine rings is 1. The molecule has 1 N–H and O–H groups in total. The van der Waals surface area contributed by atoms with E-state index in [2.05, 4.69) is 42.2 Å². The molecular weight excluding hydrogens is 376 g/mol. The van der Waals surface area contributed by atoms with Gasteiger partial charge in [-0.15, -0.1) is 0 Å². The first-order chi connectivity index (χ1) is 9.10. The summed E-state index contributed by atoms with van der Waals surface area (Å²) in [6, 6.07) is 8.78. The molecule has 1 aromatic heterocycles. The second-order valence-electron chi connectivity index (χ2n) is 3.67. The van der Waals surface area contributed by atoms with Gasteiger partial charge in [0.05, 0.1) is 18.4 Å². The number of anilines is 1. The Morgan fingerprint density at radius 2 is 2.05 bits per heavy atom. The molecule has 0 fully saturated rings. The second kappa shape index (κ2) is 6.16. The minimum atomic E-state index is -0.228. The van der Waals surface area contributed by atoms with Gasteiger partial charge in [0, 0.05) is 16.7 Å². The van der Waals surface area contributed by atoms with Crippen molar-refractivity contribution in [2.45, 2.75) is 0 Å². The van der Waals surface area contributed by atoms with Crippen LogP contribution in [0.3, 0.4) is 0 Å². The molecule has 0 unspecified atom stereocenters. The lowest BCUT2D eigenvalue weighted by atomic mass is 10.2. The third kappa shape index (κ3) is 3.54. The standard InChI is InChI=1S/C13H10Br2N2O2/c1-19-9-3-4-10(14)11(6-9)17-13(18)8-2-5-12(15)16-7-8/h2-7H,1H3,(H,17,18). The number of hydrogen-bond acceptors (Lipinski definition) is 3. The number of nitrogens with one attached hydrogen (secondary N) is 1. The number of aromatic nitrogens is 1. The topological polar surface area (TPSA) is 51.2 Å². The highest BCUT2D eigenvalue weighted by Gasteiger charge is 2.09. The van der Waals surface area contributed by atoms with Crippen LogP contribution in [0.15, 0.2) is 45.6 Å². The molecule has 4 nitrogen and oxygen atoms in total. The first-order valence-electron chi connectivity index (χ1n) is 5.36.